The lowest BCUT2D eigenvalue weighted by atomic mass is 9.88. The lowest BCUT2D eigenvalue weighted by molar-refractivity contribution is -0.138. The van der Waals surface area contributed by atoms with Crippen LogP contribution < -0.4 is 5.73 Å². The summed E-state index contributed by atoms with van der Waals surface area (Å²) < 4.78 is 13.4. The highest BCUT2D eigenvalue weighted by atomic mass is 19.1. The normalized spacial score (nSPS) is 21.3. The number of hydrogen-bond acceptors (Lipinski definition) is 5. The summed E-state index contributed by atoms with van der Waals surface area (Å²) in [6.07, 6.45) is 5.45. The van der Waals surface area contributed by atoms with Crippen LogP contribution in [-0.2, 0) is 4.79 Å². The van der Waals surface area contributed by atoms with E-state index in [1.165, 1.54) is 12.1 Å². The number of carbonyl (C=O) groups is 1. The van der Waals surface area contributed by atoms with Gasteiger partial charge in [0.15, 0.2) is 0 Å². The van der Waals surface area contributed by atoms with Gasteiger partial charge in [0.2, 0.25) is 11.9 Å². The number of aromatic nitrogens is 2. The van der Waals surface area contributed by atoms with E-state index in [2.05, 4.69) is 21.9 Å². The van der Waals surface area contributed by atoms with Crippen molar-refractivity contribution in [3.63, 3.8) is 0 Å². The Labute approximate surface area is 170 Å². The van der Waals surface area contributed by atoms with Gasteiger partial charge < -0.3 is 15.5 Å². The average Bonchev–Trinajstić information content (AvgIpc) is 2.74. The van der Waals surface area contributed by atoms with E-state index in [-0.39, 0.29) is 29.5 Å². The summed E-state index contributed by atoms with van der Waals surface area (Å²) in [5.41, 5.74) is 8.47. The molecule has 0 unspecified atom stereocenters. The van der Waals surface area contributed by atoms with E-state index < -0.39 is 0 Å². The second-order valence-corrected chi connectivity index (χ2v) is 8.23. The number of amides is 1. The molecule has 2 fully saturated rings. The van der Waals surface area contributed by atoms with Gasteiger partial charge in [-0.2, -0.15) is 0 Å². The molecule has 29 heavy (non-hydrogen) atoms. The van der Waals surface area contributed by atoms with Crippen molar-refractivity contribution in [2.75, 3.05) is 39.0 Å². The Kier molecular flexibility index (Phi) is 5.76. The Hall–Kier alpha value is -2.54. The molecule has 0 aliphatic carbocycles. The SMILES string of the molecule is CN1CCC(C(=O)N2CCC[C@H](c3nc(N)ncc3-c3ccc(F)cc3)C2)CC1. The molecular formula is C22H28FN5O. The summed E-state index contributed by atoms with van der Waals surface area (Å²) in [5.74, 6) is 0.443. The van der Waals surface area contributed by atoms with Crippen LogP contribution >= 0.6 is 0 Å². The maximum absolute atomic E-state index is 13.4. The van der Waals surface area contributed by atoms with Crippen LogP contribution in [0.4, 0.5) is 10.3 Å². The van der Waals surface area contributed by atoms with Gasteiger partial charge in [-0.15, -0.1) is 0 Å². The van der Waals surface area contributed by atoms with E-state index in [4.69, 9.17) is 5.73 Å². The third-order valence-electron chi connectivity index (χ3n) is 6.18. The van der Waals surface area contributed by atoms with Crippen LogP contribution in [0.2, 0.25) is 0 Å². The summed E-state index contributed by atoms with van der Waals surface area (Å²) in [7, 11) is 2.11. The molecule has 0 spiro atoms. The Morgan fingerprint density at radius 2 is 1.86 bits per heavy atom. The van der Waals surface area contributed by atoms with Crippen molar-refractivity contribution in [2.24, 2.45) is 5.92 Å². The molecule has 2 aromatic rings. The van der Waals surface area contributed by atoms with Crippen molar-refractivity contribution in [2.45, 2.75) is 31.6 Å². The van der Waals surface area contributed by atoms with Gasteiger partial charge in [-0.05, 0) is 63.5 Å². The zero-order valence-corrected chi connectivity index (χ0v) is 16.9. The van der Waals surface area contributed by atoms with Gasteiger partial charge in [0.25, 0.3) is 0 Å². The van der Waals surface area contributed by atoms with E-state index in [1.807, 2.05) is 4.90 Å². The fourth-order valence-electron chi connectivity index (χ4n) is 4.49. The monoisotopic (exact) mass is 397 g/mol. The molecule has 3 heterocycles. The third-order valence-corrected chi connectivity index (χ3v) is 6.18. The van der Waals surface area contributed by atoms with Crippen molar-refractivity contribution in [1.82, 2.24) is 19.8 Å². The Balaban J connectivity index is 1.56. The number of benzene rings is 1. The molecule has 4 rings (SSSR count). The lowest BCUT2D eigenvalue weighted by Gasteiger charge is -2.37. The van der Waals surface area contributed by atoms with Gasteiger partial charge in [-0.25, -0.2) is 14.4 Å². The number of rotatable bonds is 3. The molecule has 2 aliphatic heterocycles. The van der Waals surface area contributed by atoms with Gasteiger partial charge >= 0.3 is 0 Å². The molecule has 0 radical (unpaired) electrons. The Bertz CT molecular complexity index is 864. The van der Waals surface area contributed by atoms with E-state index in [9.17, 15) is 9.18 Å². The van der Waals surface area contributed by atoms with Crippen LogP contribution in [0, 0.1) is 11.7 Å². The number of likely N-dealkylation sites (tertiary alicyclic amines) is 2. The highest BCUT2D eigenvalue weighted by Gasteiger charge is 2.32. The molecule has 2 aliphatic rings. The van der Waals surface area contributed by atoms with Crippen LogP contribution in [0.3, 0.4) is 0 Å². The molecule has 0 bridgehead atoms. The van der Waals surface area contributed by atoms with Crippen LogP contribution in [0.25, 0.3) is 11.1 Å². The number of anilines is 1. The number of piperidine rings is 2. The minimum Gasteiger partial charge on any atom is -0.368 e. The van der Waals surface area contributed by atoms with Crippen LogP contribution in [0.1, 0.15) is 37.3 Å². The highest BCUT2D eigenvalue weighted by Crippen LogP contribution is 2.34. The first-order valence-electron chi connectivity index (χ1n) is 10.4. The molecule has 1 aromatic carbocycles. The summed E-state index contributed by atoms with van der Waals surface area (Å²) in [6, 6.07) is 6.34. The van der Waals surface area contributed by atoms with Crippen LogP contribution in [0.15, 0.2) is 30.5 Å². The fraction of sp³-hybridized carbons (Fsp3) is 0.500. The van der Waals surface area contributed by atoms with Crippen molar-refractivity contribution in [3.05, 3.63) is 42.0 Å². The molecule has 0 saturated carbocycles. The second kappa shape index (κ2) is 8.45. The Morgan fingerprint density at radius 3 is 2.59 bits per heavy atom. The molecule has 2 saturated heterocycles. The van der Waals surface area contributed by atoms with Gasteiger partial charge in [0.1, 0.15) is 5.82 Å². The lowest BCUT2D eigenvalue weighted by Crippen LogP contribution is -2.45. The Morgan fingerprint density at radius 1 is 1.14 bits per heavy atom. The minimum atomic E-state index is -0.278. The topological polar surface area (TPSA) is 75.4 Å². The summed E-state index contributed by atoms with van der Waals surface area (Å²) in [4.78, 5) is 26.1. The smallest absolute Gasteiger partial charge is 0.225 e. The van der Waals surface area contributed by atoms with Crippen molar-refractivity contribution < 1.29 is 9.18 Å². The number of hydrogen-bond donors (Lipinski definition) is 1. The van der Waals surface area contributed by atoms with Crippen LogP contribution in [0.5, 0.6) is 0 Å². The molecule has 1 atom stereocenters. The van der Waals surface area contributed by atoms with E-state index in [0.717, 1.165) is 62.1 Å². The molecule has 2 N–H and O–H groups in total. The largest absolute Gasteiger partial charge is 0.368 e. The first-order valence-corrected chi connectivity index (χ1v) is 10.4. The maximum atomic E-state index is 13.4. The average molecular weight is 397 g/mol. The predicted molar refractivity (Wildman–Crippen MR) is 111 cm³/mol. The number of nitrogens with two attached hydrogens (primary N) is 1. The number of carbonyl (C=O) groups excluding carboxylic acids is 1. The third kappa shape index (κ3) is 4.40. The summed E-state index contributed by atoms with van der Waals surface area (Å²) >= 11 is 0. The van der Waals surface area contributed by atoms with Gasteiger partial charge in [-0.1, -0.05) is 12.1 Å². The number of nitrogen functional groups attached to an aromatic ring is 1. The standard InChI is InChI=1S/C22H28FN5O/c1-27-11-8-16(9-12-27)21(29)28-10-2-3-17(14-28)20-19(13-25-22(24)26-20)15-4-6-18(23)7-5-15/h4-7,13,16-17H,2-3,8-12,14H2,1H3,(H2,24,25,26)/t17-/m0/s1. The molecule has 154 valence electrons. The zero-order chi connectivity index (χ0) is 20.4. The molecule has 1 amide bonds. The molecular weight excluding hydrogens is 369 g/mol. The summed E-state index contributed by atoms with van der Waals surface area (Å²) in [6.45, 7) is 3.40. The van der Waals surface area contributed by atoms with E-state index in [0.29, 0.717) is 6.54 Å². The molecule has 6 nitrogen and oxygen atoms in total. The molecule has 7 heteroatoms. The van der Waals surface area contributed by atoms with Crippen LogP contribution in [-0.4, -0.2) is 58.9 Å². The first-order chi connectivity index (χ1) is 14.0. The van der Waals surface area contributed by atoms with Gasteiger partial charge in [0, 0.05) is 36.7 Å². The van der Waals surface area contributed by atoms with Crippen molar-refractivity contribution >= 4 is 11.9 Å². The minimum absolute atomic E-state index is 0.101. The quantitative estimate of drug-likeness (QED) is 0.862. The van der Waals surface area contributed by atoms with Crippen molar-refractivity contribution in [1.29, 1.82) is 0 Å². The zero-order valence-electron chi connectivity index (χ0n) is 16.9. The van der Waals surface area contributed by atoms with Gasteiger partial charge in [-0.3, -0.25) is 4.79 Å². The van der Waals surface area contributed by atoms with Crippen molar-refractivity contribution in [3.8, 4) is 11.1 Å². The summed E-state index contributed by atoms with van der Waals surface area (Å²) in [5, 5.41) is 0. The highest BCUT2D eigenvalue weighted by molar-refractivity contribution is 5.79. The molecule has 1 aromatic heterocycles. The van der Waals surface area contributed by atoms with Gasteiger partial charge in [0.05, 0.1) is 5.69 Å². The second-order valence-electron chi connectivity index (χ2n) is 8.23. The van der Waals surface area contributed by atoms with E-state index in [1.54, 1.807) is 18.3 Å². The number of nitrogens with zero attached hydrogens (tertiary/aromatic N) is 4. The maximum Gasteiger partial charge on any atom is 0.225 e. The fourth-order valence-corrected chi connectivity index (χ4v) is 4.49. The first kappa shape index (κ1) is 19.8. The predicted octanol–water partition coefficient (Wildman–Crippen LogP) is 2.91. The number of halogens is 1. The van der Waals surface area contributed by atoms with E-state index >= 15 is 0 Å².